The van der Waals surface area contributed by atoms with Crippen molar-refractivity contribution in [3.05, 3.63) is 34.2 Å². The molecule has 100 valence electrons. The normalized spacial score (nSPS) is 16.2. The van der Waals surface area contributed by atoms with Crippen molar-refractivity contribution in [3.8, 4) is 0 Å². The lowest BCUT2D eigenvalue weighted by atomic mass is 10.0. The first-order valence-corrected chi connectivity index (χ1v) is 7.24. The van der Waals surface area contributed by atoms with Crippen LogP contribution in [0.5, 0.6) is 0 Å². The van der Waals surface area contributed by atoms with Crippen molar-refractivity contribution in [1.29, 1.82) is 0 Å². The van der Waals surface area contributed by atoms with Gasteiger partial charge in [0, 0.05) is 23.1 Å². The molecule has 3 nitrogen and oxygen atoms in total. The second-order valence-electron chi connectivity index (χ2n) is 5.00. The van der Waals surface area contributed by atoms with Crippen LogP contribution in [0.1, 0.15) is 37.3 Å². The van der Waals surface area contributed by atoms with Crippen LogP contribution in [0.25, 0.3) is 10.9 Å². The van der Waals surface area contributed by atoms with Crippen LogP contribution in [0, 0.1) is 5.82 Å². The van der Waals surface area contributed by atoms with Crippen LogP contribution < -0.4 is 11.3 Å². The lowest BCUT2D eigenvalue weighted by Crippen LogP contribution is -2.09. The predicted octanol–water partition coefficient (Wildman–Crippen LogP) is 4.08. The summed E-state index contributed by atoms with van der Waals surface area (Å²) in [7, 11) is 0. The Morgan fingerprint density at radius 1 is 1.26 bits per heavy atom. The molecule has 3 rings (SSSR count). The van der Waals surface area contributed by atoms with Crippen molar-refractivity contribution in [2.45, 2.75) is 31.6 Å². The Labute approximate surface area is 119 Å². The fraction of sp³-hybridized carbons (Fsp3) is 0.357. The highest BCUT2D eigenvalue weighted by Gasteiger charge is 2.20. The number of nitrogens with zero attached hydrogens (tertiary/aromatic N) is 1. The number of fused-ring (bicyclic) bond motifs is 1. The molecule has 2 aromatic rings. The van der Waals surface area contributed by atoms with Crippen LogP contribution in [0.4, 0.5) is 10.1 Å². The molecule has 19 heavy (non-hydrogen) atoms. The monoisotopic (exact) mass is 323 g/mol. The Morgan fingerprint density at radius 2 is 2.00 bits per heavy atom. The van der Waals surface area contributed by atoms with Gasteiger partial charge in [0.05, 0.1) is 15.7 Å². The number of nitrogen functional groups attached to an aromatic ring is 1. The maximum atomic E-state index is 13.7. The van der Waals surface area contributed by atoms with E-state index in [0.717, 1.165) is 29.6 Å². The van der Waals surface area contributed by atoms with Crippen molar-refractivity contribution in [3.63, 3.8) is 0 Å². The first-order valence-electron chi connectivity index (χ1n) is 6.45. The summed E-state index contributed by atoms with van der Waals surface area (Å²) in [5.74, 6) is 5.76. The van der Waals surface area contributed by atoms with Gasteiger partial charge in [0.1, 0.15) is 5.82 Å². The smallest absolute Gasteiger partial charge is 0.139 e. The van der Waals surface area contributed by atoms with E-state index in [1.807, 2.05) is 6.07 Å². The number of benzene rings is 1. The highest BCUT2D eigenvalue weighted by molar-refractivity contribution is 9.10. The second-order valence-corrected chi connectivity index (χ2v) is 5.86. The van der Waals surface area contributed by atoms with Crippen LogP contribution in [-0.2, 0) is 0 Å². The van der Waals surface area contributed by atoms with E-state index in [1.54, 1.807) is 6.07 Å². The average molecular weight is 324 g/mol. The van der Waals surface area contributed by atoms with Crippen LogP contribution >= 0.6 is 15.9 Å². The summed E-state index contributed by atoms with van der Waals surface area (Å²) in [5, 5.41) is 0.831. The summed E-state index contributed by atoms with van der Waals surface area (Å²) in [4.78, 5) is 4.61. The molecule has 0 amide bonds. The SMILES string of the molecule is NNc1cc(C2CCCC2)nc2cc(F)c(Br)cc12. The third-order valence-corrected chi connectivity index (χ3v) is 4.41. The Kier molecular flexibility index (Phi) is 3.41. The lowest BCUT2D eigenvalue weighted by molar-refractivity contribution is 0.622. The molecule has 0 aliphatic heterocycles. The van der Waals surface area contributed by atoms with Gasteiger partial charge in [0.25, 0.3) is 0 Å². The highest BCUT2D eigenvalue weighted by Crippen LogP contribution is 2.36. The Bertz CT molecular complexity index is 624. The minimum Gasteiger partial charge on any atom is -0.323 e. The number of aromatic nitrogens is 1. The molecule has 0 spiro atoms. The minimum absolute atomic E-state index is 0.299. The Morgan fingerprint density at radius 3 is 2.68 bits per heavy atom. The molecule has 1 aromatic carbocycles. The van der Waals surface area contributed by atoms with Gasteiger partial charge in [-0.25, -0.2) is 4.39 Å². The maximum Gasteiger partial charge on any atom is 0.139 e. The third kappa shape index (κ3) is 2.32. The number of hydrogen-bond donors (Lipinski definition) is 2. The average Bonchev–Trinajstić information content (AvgIpc) is 2.93. The topological polar surface area (TPSA) is 50.9 Å². The van der Waals surface area contributed by atoms with E-state index in [0.29, 0.717) is 15.9 Å². The number of hydrazine groups is 1. The van der Waals surface area contributed by atoms with E-state index in [9.17, 15) is 4.39 Å². The molecule has 1 aliphatic rings. The van der Waals surface area contributed by atoms with Gasteiger partial charge in [-0.1, -0.05) is 12.8 Å². The van der Waals surface area contributed by atoms with Gasteiger partial charge in [-0.15, -0.1) is 0 Å². The number of rotatable bonds is 2. The minimum atomic E-state index is -0.299. The summed E-state index contributed by atoms with van der Waals surface area (Å²) in [6, 6.07) is 5.16. The predicted molar refractivity (Wildman–Crippen MR) is 78.4 cm³/mol. The van der Waals surface area contributed by atoms with Crippen LogP contribution in [0.2, 0.25) is 0 Å². The molecular weight excluding hydrogens is 309 g/mol. The molecular formula is C14H15BrFN3. The number of pyridine rings is 1. The third-order valence-electron chi connectivity index (χ3n) is 3.80. The zero-order chi connectivity index (χ0) is 13.4. The van der Waals surface area contributed by atoms with Gasteiger partial charge < -0.3 is 5.43 Å². The summed E-state index contributed by atoms with van der Waals surface area (Å²) < 4.78 is 14.1. The summed E-state index contributed by atoms with van der Waals surface area (Å²) in [6.07, 6.45) is 4.79. The molecule has 1 saturated carbocycles. The number of hydrogen-bond acceptors (Lipinski definition) is 3. The zero-order valence-electron chi connectivity index (χ0n) is 10.4. The van der Waals surface area contributed by atoms with Crippen LogP contribution in [-0.4, -0.2) is 4.98 Å². The summed E-state index contributed by atoms with van der Waals surface area (Å²) in [6.45, 7) is 0. The highest BCUT2D eigenvalue weighted by atomic mass is 79.9. The molecule has 1 aromatic heterocycles. The van der Waals surface area contributed by atoms with E-state index >= 15 is 0 Å². The quantitative estimate of drug-likeness (QED) is 0.646. The lowest BCUT2D eigenvalue weighted by Gasteiger charge is -2.13. The number of nitrogens with two attached hydrogens (primary N) is 1. The fourth-order valence-electron chi connectivity index (χ4n) is 2.79. The van der Waals surface area contributed by atoms with Gasteiger partial charge >= 0.3 is 0 Å². The van der Waals surface area contributed by atoms with E-state index in [4.69, 9.17) is 5.84 Å². The van der Waals surface area contributed by atoms with Gasteiger partial charge in [0.15, 0.2) is 0 Å². The molecule has 0 saturated heterocycles. The molecule has 5 heteroatoms. The Hall–Kier alpha value is -1.20. The van der Waals surface area contributed by atoms with Crippen molar-refractivity contribution in [2.24, 2.45) is 5.84 Å². The van der Waals surface area contributed by atoms with Gasteiger partial charge in [-0.3, -0.25) is 10.8 Å². The number of nitrogens with one attached hydrogen (secondary N) is 1. The fourth-order valence-corrected chi connectivity index (χ4v) is 3.14. The molecule has 1 aliphatic carbocycles. The van der Waals surface area contributed by atoms with Crippen molar-refractivity contribution < 1.29 is 4.39 Å². The first kappa shape index (κ1) is 12.8. The van der Waals surface area contributed by atoms with Gasteiger partial charge in [0.2, 0.25) is 0 Å². The molecule has 0 bridgehead atoms. The van der Waals surface area contributed by atoms with Crippen molar-refractivity contribution in [1.82, 2.24) is 4.98 Å². The maximum absolute atomic E-state index is 13.7. The van der Waals surface area contributed by atoms with Crippen LogP contribution in [0.3, 0.4) is 0 Å². The van der Waals surface area contributed by atoms with Crippen molar-refractivity contribution in [2.75, 3.05) is 5.43 Å². The molecule has 1 fully saturated rings. The largest absolute Gasteiger partial charge is 0.323 e. The second kappa shape index (κ2) is 5.06. The Balaban J connectivity index is 2.18. The number of anilines is 1. The van der Waals surface area contributed by atoms with Crippen molar-refractivity contribution >= 4 is 32.5 Å². The van der Waals surface area contributed by atoms with E-state index in [-0.39, 0.29) is 5.82 Å². The van der Waals surface area contributed by atoms with E-state index < -0.39 is 0 Å². The summed E-state index contributed by atoms with van der Waals surface area (Å²) >= 11 is 3.19. The first-order chi connectivity index (χ1) is 9.19. The zero-order valence-corrected chi connectivity index (χ0v) is 12.0. The molecule has 1 heterocycles. The van der Waals surface area contributed by atoms with Crippen LogP contribution in [0.15, 0.2) is 22.7 Å². The number of halogens is 2. The van der Waals surface area contributed by atoms with Gasteiger partial charge in [-0.2, -0.15) is 0 Å². The molecule has 0 unspecified atom stereocenters. The standard InChI is InChI=1S/C14H15BrFN3/c15-10-5-9-13(6-11(10)16)18-12(7-14(9)19-17)8-3-1-2-4-8/h5-8H,1-4,17H2,(H,18,19). The summed E-state index contributed by atoms with van der Waals surface area (Å²) in [5.41, 5.74) is 5.16. The molecule has 0 atom stereocenters. The van der Waals surface area contributed by atoms with E-state index in [2.05, 4.69) is 26.3 Å². The van der Waals surface area contributed by atoms with Gasteiger partial charge in [-0.05, 0) is 40.9 Å². The molecule has 0 radical (unpaired) electrons. The van der Waals surface area contributed by atoms with E-state index in [1.165, 1.54) is 18.9 Å². The molecule has 3 N–H and O–H groups in total.